The zero-order valence-corrected chi connectivity index (χ0v) is 22.5. The van der Waals surface area contributed by atoms with Crippen molar-refractivity contribution in [2.75, 3.05) is 16.8 Å². The number of nitrogens with one attached hydrogen (secondary N) is 2. The molecular weight excluding hydrogens is 576 g/mol. The molecule has 194 valence electrons. The maximum atomic E-state index is 13.1. The Morgan fingerprint density at radius 3 is 2.34 bits per heavy atom. The van der Waals surface area contributed by atoms with Crippen LogP contribution in [-0.4, -0.2) is 30.4 Å². The highest BCUT2D eigenvalue weighted by atomic mass is 35.5. The monoisotopic (exact) mass is 591 g/mol. The first-order chi connectivity index (χ1) is 18.0. The minimum Gasteiger partial charge on any atom is -0.481 e. The predicted molar refractivity (Wildman–Crippen MR) is 147 cm³/mol. The third kappa shape index (κ3) is 6.11. The Labute approximate surface area is 237 Å². The van der Waals surface area contributed by atoms with Crippen LogP contribution in [0.25, 0.3) is 6.08 Å². The fourth-order valence-electron chi connectivity index (χ4n) is 3.48. The van der Waals surface area contributed by atoms with Crippen LogP contribution in [0.15, 0.2) is 60.2 Å². The molecular formula is C26H17Cl4N3O5. The number of nitrogens with zero attached hydrogens (tertiary/aromatic N) is 1. The predicted octanol–water partition coefficient (Wildman–Crippen LogP) is 6.29. The average Bonchev–Trinajstić information content (AvgIpc) is 2.83. The van der Waals surface area contributed by atoms with Gasteiger partial charge in [0.2, 0.25) is 0 Å². The van der Waals surface area contributed by atoms with Crippen LogP contribution in [0.4, 0.5) is 16.2 Å². The van der Waals surface area contributed by atoms with Gasteiger partial charge in [-0.25, -0.2) is 9.69 Å². The van der Waals surface area contributed by atoms with Crippen molar-refractivity contribution in [2.24, 2.45) is 0 Å². The van der Waals surface area contributed by atoms with Crippen LogP contribution in [0.5, 0.6) is 5.75 Å². The second-order valence-electron chi connectivity index (χ2n) is 8.05. The van der Waals surface area contributed by atoms with Gasteiger partial charge in [-0.2, -0.15) is 0 Å². The molecule has 8 nitrogen and oxygen atoms in total. The first-order valence-corrected chi connectivity index (χ1v) is 12.4. The second kappa shape index (κ2) is 11.4. The van der Waals surface area contributed by atoms with Crippen molar-refractivity contribution in [3.63, 3.8) is 0 Å². The summed E-state index contributed by atoms with van der Waals surface area (Å²) in [6, 6.07) is 13.0. The number of ether oxygens (including phenoxy) is 1. The number of imide groups is 2. The first-order valence-electron chi connectivity index (χ1n) is 10.9. The molecule has 0 bridgehead atoms. The number of benzene rings is 3. The van der Waals surface area contributed by atoms with E-state index in [1.807, 2.05) is 6.92 Å². The molecule has 0 radical (unpaired) electrons. The van der Waals surface area contributed by atoms with Gasteiger partial charge in [0.1, 0.15) is 5.57 Å². The third-order valence-corrected chi connectivity index (χ3v) is 6.51. The van der Waals surface area contributed by atoms with Gasteiger partial charge in [-0.15, -0.1) is 0 Å². The Morgan fingerprint density at radius 2 is 1.68 bits per heavy atom. The standard InChI is InChI=1S/C26H17Cl4N3O5/c1-13-5-6-16(11-19(13)28)31-22(34)12-38-23-20(29)8-14(9-21(23)30)7-18-24(35)32-26(37)33(25(18)36)17-4-2-3-15(27)10-17/h2-11H,12H2,1H3,(H,31,34)(H,32,35,37)/b18-7+. The number of carbonyl (C=O) groups excluding carboxylic acids is 4. The molecule has 0 spiro atoms. The molecule has 3 aromatic carbocycles. The fourth-order valence-corrected chi connectivity index (χ4v) is 4.46. The van der Waals surface area contributed by atoms with Crippen LogP contribution < -0.4 is 20.3 Å². The van der Waals surface area contributed by atoms with Crippen LogP contribution in [-0.2, 0) is 14.4 Å². The normalized spacial score (nSPS) is 14.5. The summed E-state index contributed by atoms with van der Waals surface area (Å²) in [7, 11) is 0. The van der Waals surface area contributed by atoms with Crippen molar-refractivity contribution in [3.05, 3.63) is 91.4 Å². The van der Waals surface area contributed by atoms with Crippen molar-refractivity contribution in [2.45, 2.75) is 6.92 Å². The molecule has 0 aromatic heterocycles. The Kier molecular flexibility index (Phi) is 8.28. The Hall–Kier alpha value is -3.56. The van der Waals surface area contributed by atoms with Gasteiger partial charge in [0.15, 0.2) is 12.4 Å². The minimum absolute atomic E-state index is 0.0296. The molecule has 1 saturated heterocycles. The number of carbonyl (C=O) groups is 4. The summed E-state index contributed by atoms with van der Waals surface area (Å²) in [6.45, 7) is 1.44. The molecule has 38 heavy (non-hydrogen) atoms. The minimum atomic E-state index is -0.912. The molecule has 1 aliphatic rings. The maximum Gasteiger partial charge on any atom is 0.335 e. The van der Waals surface area contributed by atoms with Gasteiger partial charge in [-0.05, 0) is 66.6 Å². The van der Waals surface area contributed by atoms with Crippen LogP contribution in [0.2, 0.25) is 20.1 Å². The first kappa shape index (κ1) is 27.5. The average molecular weight is 593 g/mol. The van der Waals surface area contributed by atoms with Crippen molar-refractivity contribution >= 4 is 87.6 Å². The molecule has 2 N–H and O–H groups in total. The van der Waals surface area contributed by atoms with Gasteiger partial charge in [0.05, 0.1) is 15.7 Å². The van der Waals surface area contributed by atoms with E-state index in [2.05, 4.69) is 10.6 Å². The smallest absolute Gasteiger partial charge is 0.335 e. The molecule has 3 aromatic rings. The quantitative estimate of drug-likeness (QED) is 0.258. The van der Waals surface area contributed by atoms with Crippen molar-refractivity contribution in [1.29, 1.82) is 0 Å². The number of rotatable bonds is 6. The number of hydrogen-bond donors (Lipinski definition) is 2. The highest BCUT2D eigenvalue weighted by Gasteiger charge is 2.37. The van der Waals surface area contributed by atoms with E-state index in [0.29, 0.717) is 15.7 Å². The lowest BCUT2D eigenvalue weighted by Gasteiger charge is -2.26. The molecule has 0 saturated carbocycles. The molecule has 4 rings (SSSR count). The molecule has 0 atom stereocenters. The summed E-state index contributed by atoms with van der Waals surface area (Å²) in [5.74, 6) is -2.19. The van der Waals surface area contributed by atoms with Gasteiger partial charge in [0, 0.05) is 15.7 Å². The molecule has 0 unspecified atom stereocenters. The van der Waals surface area contributed by atoms with Crippen LogP contribution >= 0.6 is 46.4 Å². The Bertz CT molecular complexity index is 1500. The molecule has 1 heterocycles. The Morgan fingerprint density at radius 1 is 0.974 bits per heavy atom. The highest BCUT2D eigenvalue weighted by molar-refractivity contribution is 6.40. The van der Waals surface area contributed by atoms with E-state index in [9.17, 15) is 19.2 Å². The number of halogens is 4. The van der Waals surface area contributed by atoms with E-state index in [1.54, 1.807) is 30.3 Å². The maximum absolute atomic E-state index is 13.1. The van der Waals surface area contributed by atoms with Crippen molar-refractivity contribution in [1.82, 2.24) is 5.32 Å². The van der Waals surface area contributed by atoms with Gasteiger partial charge >= 0.3 is 6.03 Å². The highest BCUT2D eigenvalue weighted by Crippen LogP contribution is 2.35. The van der Waals surface area contributed by atoms with Gasteiger partial charge in [0.25, 0.3) is 17.7 Å². The summed E-state index contributed by atoms with van der Waals surface area (Å²) in [5, 5.41) is 5.64. The number of anilines is 2. The van der Waals surface area contributed by atoms with Gasteiger partial charge in [-0.3, -0.25) is 19.7 Å². The summed E-state index contributed by atoms with van der Waals surface area (Å²) >= 11 is 24.7. The summed E-state index contributed by atoms with van der Waals surface area (Å²) in [4.78, 5) is 51.0. The van der Waals surface area contributed by atoms with E-state index in [-0.39, 0.29) is 32.6 Å². The number of aryl methyl sites for hydroxylation is 1. The van der Waals surface area contributed by atoms with Crippen molar-refractivity contribution in [3.8, 4) is 5.75 Å². The van der Waals surface area contributed by atoms with Gasteiger partial charge in [-0.1, -0.05) is 58.5 Å². The van der Waals surface area contributed by atoms with Gasteiger partial charge < -0.3 is 10.1 Å². The summed E-state index contributed by atoms with van der Waals surface area (Å²) in [5.41, 5.74) is 1.50. The third-order valence-electron chi connectivity index (χ3n) is 5.30. The van der Waals surface area contributed by atoms with E-state index in [0.717, 1.165) is 10.5 Å². The zero-order chi connectivity index (χ0) is 27.6. The largest absolute Gasteiger partial charge is 0.481 e. The molecule has 5 amide bonds. The molecule has 1 aliphatic heterocycles. The molecule has 0 aliphatic carbocycles. The zero-order valence-electron chi connectivity index (χ0n) is 19.5. The summed E-state index contributed by atoms with van der Waals surface area (Å²) in [6.07, 6.45) is 1.23. The Balaban J connectivity index is 1.51. The van der Waals surface area contributed by atoms with E-state index >= 15 is 0 Å². The van der Waals surface area contributed by atoms with E-state index in [4.69, 9.17) is 51.1 Å². The lowest BCUT2D eigenvalue weighted by molar-refractivity contribution is -0.122. The second-order valence-corrected chi connectivity index (χ2v) is 9.71. The number of amides is 5. The van der Waals surface area contributed by atoms with E-state index in [1.165, 1.54) is 30.3 Å². The fraction of sp³-hybridized carbons (Fsp3) is 0.0769. The van der Waals surface area contributed by atoms with Crippen LogP contribution in [0.3, 0.4) is 0 Å². The lowest BCUT2D eigenvalue weighted by atomic mass is 10.1. The SMILES string of the molecule is Cc1ccc(NC(=O)COc2c(Cl)cc(/C=C3\C(=O)NC(=O)N(c4cccc(Cl)c4)C3=O)cc2Cl)cc1Cl. The number of hydrogen-bond acceptors (Lipinski definition) is 5. The molecule has 12 heteroatoms. The van der Waals surface area contributed by atoms with Crippen LogP contribution in [0, 0.1) is 6.92 Å². The number of barbiturate groups is 1. The number of urea groups is 1. The van der Waals surface area contributed by atoms with E-state index < -0.39 is 30.4 Å². The van der Waals surface area contributed by atoms with Crippen LogP contribution in [0.1, 0.15) is 11.1 Å². The summed E-state index contributed by atoms with van der Waals surface area (Å²) < 4.78 is 5.50. The topological polar surface area (TPSA) is 105 Å². The van der Waals surface area contributed by atoms with Crippen molar-refractivity contribution < 1.29 is 23.9 Å². The molecule has 1 fully saturated rings. The lowest BCUT2D eigenvalue weighted by Crippen LogP contribution is -2.54.